The van der Waals surface area contributed by atoms with E-state index in [1.165, 1.54) is 25.4 Å². The van der Waals surface area contributed by atoms with Gasteiger partial charge in [0.1, 0.15) is 5.82 Å². The van der Waals surface area contributed by atoms with E-state index in [1.807, 2.05) is 13.0 Å². The molecular weight excluding hydrogens is 374 g/mol. The van der Waals surface area contributed by atoms with Crippen LogP contribution in [0.25, 0.3) is 0 Å². The van der Waals surface area contributed by atoms with E-state index >= 15 is 0 Å². The normalized spacial score (nSPS) is 18.8. The summed E-state index contributed by atoms with van der Waals surface area (Å²) in [5.74, 6) is -1.65. The second-order valence-corrected chi connectivity index (χ2v) is 7.01. The molecule has 3 N–H and O–H groups in total. The number of amides is 3. The van der Waals surface area contributed by atoms with E-state index in [0.717, 1.165) is 12.0 Å². The number of pyridine rings is 2. The summed E-state index contributed by atoms with van der Waals surface area (Å²) in [7, 11) is 1.52. The van der Waals surface area contributed by atoms with Crippen molar-refractivity contribution in [2.24, 2.45) is 11.7 Å². The number of nitrogens with two attached hydrogens (primary N) is 1. The summed E-state index contributed by atoms with van der Waals surface area (Å²) in [4.78, 5) is 46.8. The fourth-order valence-electron chi connectivity index (χ4n) is 3.46. The van der Waals surface area contributed by atoms with Gasteiger partial charge in [0.25, 0.3) is 5.91 Å². The van der Waals surface area contributed by atoms with Crippen molar-refractivity contribution in [1.29, 1.82) is 0 Å². The van der Waals surface area contributed by atoms with Crippen molar-refractivity contribution < 1.29 is 19.1 Å². The van der Waals surface area contributed by atoms with E-state index in [4.69, 9.17) is 10.5 Å². The minimum atomic E-state index is -0.869. The highest BCUT2D eigenvalue weighted by Crippen LogP contribution is 2.34. The van der Waals surface area contributed by atoms with E-state index in [2.05, 4.69) is 15.3 Å². The quantitative estimate of drug-likeness (QED) is 0.753. The van der Waals surface area contributed by atoms with Crippen LogP contribution < -0.4 is 15.8 Å². The van der Waals surface area contributed by atoms with E-state index in [-0.39, 0.29) is 23.3 Å². The number of anilines is 1. The Morgan fingerprint density at radius 3 is 2.72 bits per heavy atom. The summed E-state index contributed by atoms with van der Waals surface area (Å²) in [5.41, 5.74) is 6.20. The molecule has 1 fully saturated rings. The number of aromatic nitrogens is 2. The maximum absolute atomic E-state index is 13.0. The Hall–Kier alpha value is -3.49. The van der Waals surface area contributed by atoms with E-state index in [1.54, 1.807) is 17.2 Å². The van der Waals surface area contributed by atoms with E-state index in [0.29, 0.717) is 18.8 Å². The van der Waals surface area contributed by atoms with Gasteiger partial charge in [0.2, 0.25) is 5.88 Å². The number of carbonyl (C=O) groups excluding carboxylic acids is 3. The number of piperidine rings is 1. The molecule has 0 aliphatic carbocycles. The highest BCUT2D eigenvalue weighted by Gasteiger charge is 2.34. The van der Waals surface area contributed by atoms with Crippen LogP contribution in [-0.2, 0) is 9.59 Å². The van der Waals surface area contributed by atoms with Crippen molar-refractivity contribution in [3.63, 3.8) is 0 Å². The molecule has 0 unspecified atom stereocenters. The number of methoxy groups -OCH3 is 1. The third-order valence-electron chi connectivity index (χ3n) is 4.93. The number of ether oxygens (including phenoxy) is 1. The smallest absolute Gasteiger partial charge is 0.315 e. The molecule has 1 aliphatic rings. The molecule has 0 spiro atoms. The maximum Gasteiger partial charge on any atom is 0.315 e. The summed E-state index contributed by atoms with van der Waals surface area (Å²) in [5, 5.41) is 2.42. The summed E-state index contributed by atoms with van der Waals surface area (Å²) >= 11 is 0. The molecule has 2 aromatic heterocycles. The fourth-order valence-corrected chi connectivity index (χ4v) is 3.46. The molecule has 152 valence electrons. The fraction of sp³-hybridized carbons (Fsp3) is 0.350. The molecule has 9 heteroatoms. The van der Waals surface area contributed by atoms with Crippen LogP contribution in [0.2, 0.25) is 0 Å². The van der Waals surface area contributed by atoms with Crippen molar-refractivity contribution in [3.8, 4) is 5.88 Å². The van der Waals surface area contributed by atoms with Crippen LogP contribution in [0, 0.1) is 5.92 Å². The first-order valence-corrected chi connectivity index (χ1v) is 9.27. The lowest BCUT2D eigenvalue weighted by Gasteiger charge is -2.38. The molecule has 2 aromatic rings. The van der Waals surface area contributed by atoms with Crippen molar-refractivity contribution >= 4 is 23.5 Å². The number of carbonyl (C=O) groups is 3. The number of nitrogens with zero attached hydrogens (tertiary/aromatic N) is 3. The van der Waals surface area contributed by atoms with Crippen LogP contribution in [-0.4, -0.2) is 46.2 Å². The van der Waals surface area contributed by atoms with Gasteiger partial charge in [-0.1, -0.05) is 6.92 Å². The van der Waals surface area contributed by atoms with Crippen molar-refractivity contribution in [2.45, 2.75) is 25.8 Å². The number of likely N-dealkylation sites (tertiary alicyclic amines) is 1. The number of nitrogens with one attached hydrogen (secondary N) is 1. The summed E-state index contributed by atoms with van der Waals surface area (Å²) < 4.78 is 5.18. The number of hydrogen-bond acceptors (Lipinski definition) is 6. The van der Waals surface area contributed by atoms with E-state index < -0.39 is 17.7 Å². The highest BCUT2D eigenvalue weighted by molar-refractivity contribution is 6.39. The Labute approximate surface area is 168 Å². The number of rotatable bonds is 4. The van der Waals surface area contributed by atoms with Gasteiger partial charge in [-0.05, 0) is 42.5 Å². The molecule has 3 amide bonds. The maximum atomic E-state index is 13.0. The molecule has 0 bridgehead atoms. The first-order valence-electron chi connectivity index (χ1n) is 9.27. The van der Waals surface area contributed by atoms with Crippen molar-refractivity contribution in [3.05, 3.63) is 47.8 Å². The van der Waals surface area contributed by atoms with Gasteiger partial charge in [-0.25, -0.2) is 9.97 Å². The molecule has 1 aliphatic heterocycles. The van der Waals surface area contributed by atoms with Gasteiger partial charge in [-0.2, -0.15) is 0 Å². The largest absolute Gasteiger partial charge is 0.481 e. The van der Waals surface area contributed by atoms with Gasteiger partial charge in [0.05, 0.1) is 18.7 Å². The Balaban J connectivity index is 1.84. The Morgan fingerprint density at radius 2 is 2.00 bits per heavy atom. The predicted octanol–water partition coefficient (Wildman–Crippen LogP) is 1.52. The van der Waals surface area contributed by atoms with Gasteiger partial charge < -0.3 is 20.7 Å². The molecule has 3 heterocycles. The summed E-state index contributed by atoms with van der Waals surface area (Å²) in [6, 6.07) is 6.26. The lowest BCUT2D eigenvalue weighted by Crippen LogP contribution is -2.46. The molecule has 0 saturated carbocycles. The second-order valence-electron chi connectivity index (χ2n) is 7.01. The first-order chi connectivity index (χ1) is 13.9. The standard InChI is InChI=1S/C20H23N5O4/c1-12-5-6-15(13-7-9-22-16(10-13)29-2)25(11-12)20(28)19(27)24-18-14(17(21)26)4-3-8-23-18/h3-4,7-10,12,15H,5-6,11H2,1-2H3,(H2,21,26)(H,23,24,27)/t12-,15+/m1/s1. The number of primary amides is 1. The van der Waals surface area contributed by atoms with Crippen LogP contribution in [0.5, 0.6) is 5.88 Å². The van der Waals surface area contributed by atoms with Crippen molar-refractivity contribution in [2.75, 3.05) is 19.0 Å². The van der Waals surface area contributed by atoms with Crippen LogP contribution in [0.15, 0.2) is 36.7 Å². The second kappa shape index (κ2) is 8.68. The minimum absolute atomic E-state index is 0.0365. The number of hydrogen-bond donors (Lipinski definition) is 2. The Bertz CT molecular complexity index is 933. The third-order valence-corrected chi connectivity index (χ3v) is 4.93. The van der Waals surface area contributed by atoms with Gasteiger partial charge in [-0.15, -0.1) is 0 Å². The first kappa shape index (κ1) is 20.2. The summed E-state index contributed by atoms with van der Waals surface area (Å²) in [6.45, 7) is 2.47. The van der Waals surface area contributed by atoms with Gasteiger partial charge in [-0.3, -0.25) is 14.4 Å². The molecule has 2 atom stereocenters. The summed E-state index contributed by atoms with van der Waals surface area (Å²) in [6.07, 6.45) is 4.65. The predicted molar refractivity (Wildman–Crippen MR) is 105 cm³/mol. The third kappa shape index (κ3) is 4.50. The van der Waals surface area contributed by atoms with Crippen molar-refractivity contribution in [1.82, 2.24) is 14.9 Å². The van der Waals surface area contributed by atoms with Gasteiger partial charge in [0.15, 0.2) is 0 Å². The lowest BCUT2D eigenvalue weighted by atomic mass is 9.90. The van der Waals surface area contributed by atoms with Gasteiger partial charge in [0, 0.05) is 25.0 Å². The van der Waals surface area contributed by atoms with Crippen LogP contribution >= 0.6 is 0 Å². The lowest BCUT2D eigenvalue weighted by molar-refractivity contribution is -0.146. The zero-order chi connectivity index (χ0) is 21.0. The topological polar surface area (TPSA) is 128 Å². The van der Waals surface area contributed by atoms with Crippen LogP contribution in [0.3, 0.4) is 0 Å². The van der Waals surface area contributed by atoms with Crippen LogP contribution in [0.1, 0.15) is 41.7 Å². The molecular formula is C20H23N5O4. The molecule has 9 nitrogen and oxygen atoms in total. The van der Waals surface area contributed by atoms with Crippen LogP contribution in [0.4, 0.5) is 5.82 Å². The zero-order valence-corrected chi connectivity index (χ0v) is 16.3. The SMILES string of the molecule is COc1cc([C@@H]2CC[C@@H](C)CN2C(=O)C(=O)Nc2ncccc2C(N)=O)ccn1. The molecule has 29 heavy (non-hydrogen) atoms. The monoisotopic (exact) mass is 397 g/mol. The van der Waals surface area contributed by atoms with Gasteiger partial charge >= 0.3 is 11.8 Å². The van der Waals surface area contributed by atoms with E-state index in [9.17, 15) is 14.4 Å². The molecule has 0 radical (unpaired) electrons. The Kier molecular flexibility index (Phi) is 6.06. The average Bonchev–Trinajstić information content (AvgIpc) is 2.73. The average molecular weight is 397 g/mol. The molecule has 3 rings (SSSR count). The molecule has 1 saturated heterocycles. The highest BCUT2D eigenvalue weighted by atomic mass is 16.5. The zero-order valence-electron chi connectivity index (χ0n) is 16.3. The minimum Gasteiger partial charge on any atom is -0.481 e. The molecule has 0 aromatic carbocycles. The Morgan fingerprint density at radius 1 is 1.21 bits per heavy atom.